The van der Waals surface area contributed by atoms with Crippen molar-refractivity contribution >= 4 is 42.8 Å². The summed E-state index contributed by atoms with van der Waals surface area (Å²) in [7, 11) is -7.67. The average Bonchev–Trinajstić information content (AvgIpc) is 2.81. The molecule has 0 bridgehead atoms. The molecule has 1 N–H and O–H groups in total. The van der Waals surface area contributed by atoms with Gasteiger partial charge in [0.25, 0.3) is 0 Å². The lowest BCUT2D eigenvalue weighted by Gasteiger charge is -2.45. The zero-order chi connectivity index (χ0) is 28.8. The van der Waals surface area contributed by atoms with E-state index in [0.717, 1.165) is 18.4 Å². The molecule has 0 amide bonds. The summed E-state index contributed by atoms with van der Waals surface area (Å²) >= 11 is 5.28. The molecule has 2 saturated heterocycles. The van der Waals surface area contributed by atoms with Crippen LogP contribution in [0.25, 0.3) is 0 Å². The molecule has 2 atom stereocenters. The zero-order valence-corrected chi connectivity index (χ0v) is 23.8. The van der Waals surface area contributed by atoms with Gasteiger partial charge in [-0.15, -0.1) is 0 Å². The van der Waals surface area contributed by atoms with Crippen molar-refractivity contribution < 1.29 is 39.9 Å². The fourth-order valence-corrected chi connectivity index (χ4v) is 7.90. The minimum atomic E-state index is -4.89. The van der Waals surface area contributed by atoms with E-state index in [1.165, 1.54) is 26.8 Å². The summed E-state index contributed by atoms with van der Waals surface area (Å²) in [6, 6.07) is 4.06. The van der Waals surface area contributed by atoms with E-state index in [1.807, 2.05) is 0 Å². The molecular weight excluding hydrogens is 579 g/mol. The van der Waals surface area contributed by atoms with Crippen molar-refractivity contribution in [1.29, 1.82) is 0 Å². The second-order valence-electron chi connectivity index (χ2n) is 9.94. The lowest BCUT2D eigenvalue weighted by molar-refractivity contribution is -0.258. The number of ether oxygens (including phenoxy) is 1. The number of piperazine rings is 1. The van der Waals surface area contributed by atoms with Gasteiger partial charge in [-0.05, 0) is 30.7 Å². The number of benzene rings is 1. The van der Waals surface area contributed by atoms with Crippen molar-refractivity contribution in [3.8, 4) is 0 Å². The van der Waals surface area contributed by atoms with Crippen LogP contribution in [0.3, 0.4) is 0 Å². The molecule has 0 spiro atoms. The average molecular weight is 610 g/mol. The van der Waals surface area contributed by atoms with Gasteiger partial charge in [-0.3, -0.25) is 0 Å². The van der Waals surface area contributed by atoms with Gasteiger partial charge in [0.2, 0.25) is 20.0 Å². The summed E-state index contributed by atoms with van der Waals surface area (Å²) in [6.07, 6.45) is 1.33. The summed E-state index contributed by atoms with van der Waals surface area (Å²) in [5.41, 5.74) is -2.95. The zero-order valence-electron chi connectivity index (χ0n) is 21.3. The number of hydrogen-bond donors (Lipinski definition) is 1. The molecule has 1 unspecified atom stereocenters. The maximum absolute atomic E-state index is 13.5. The molecule has 15 heteroatoms. The van der Waals surface area contributed by atoms with Crippen molar-refractivity contribution in [2.24, 2.45) is 0 Å². The summed E-state index contributed by atoms with van der Waals surface area (Å²) in [5.74, 6) is 0. The smallest absolute Gasteiger partial charge is 0.378 e. The highest BCUT2D eigenvalue weighted by Gasteiger charge is 2.51. The number of nitrogens with zero attached hydrogens (tertiary/aromatic N) is 3. The third-order valence-corrected chi connectivity index (χ3v) is 10.9. The predicted octanol–water partition coefficient (Wildman–Crippen LogP) is 2.15. The van der Waals surface area contributed by atoms with Crippen LogP contribution in [0.2, 0.25) is 0 Å². The van der Waals surface area contributed by atoms with Gasteiger partial charge in [0.1, 0.15) is 0 Å². The number of sulfonamides is 2. The maximum Gasteiger partial charge on any atom is 0.421 e. The van der Waals surface area contributed by atoms with Gasteiger partial charge in [-0.2, -0.15) is 21.8 Å². The Morgan fingerprint density at radius 3 is 2.28 bits per heavy atom. The Hall–Kier alpha value is -1.88. The summed E-state index contributed by atoms with van der Waals surface area (Å²) in [5, 5.41) is 10.0. The molecule has 2 fully saturated rings. The number of allylic oxidation sites excluding steroid dienone is 4. The summed E-state index contributed by atoms with van der Waals surface area (Å²) < 4.78 is 100. The van der Waals surface area contributed by atoms with Gasteiger partial charge in [0.15, 0.2) is 5.60 Å². The number of rotatable bonds is 8. The van der Waals surface area contributed by atoms with E-state index in [-0.39, 0.29) is 54.7 Å². The summed E-state index contributed by atoms with van der Waals surface area (Å²) in [4.78, 5) is 2.09. The van der Waals surface area contributed by atoms with Crippen LogP contribution in [0, 0.1) is 0 Å². The monoisotopic (exact) mass is 609 g/mol. The van der Waals surface area contributed by atoms with Crippen LogP contribution in [0.5, 0.6) is 0 Å². The molecule has 2 aliphatic heterocycles. The largest absolute Gasteiger partial charge is 0.421 e. The van der Waals surface area contributed by atoms with E-state index in [0.29, 0.717) is 19.0 Å². The van der Waals surface area contributed by atoms with Gasteiger partial charge in [0, 0.05) is 43.2 Å². The van der Waals surface area contributed by atoms with Gasteiger partial charge >= 0.3 is 6.18 Å². The van der Waals surface area contributed by atoms with Crippen LogP contribution in [0.1, 0.15) is 18.9 Å². The van der Waals surface area contributed by atoms with Crippen LogP contribution in [-0.4, -0.2) is 99.3 Å². The van der Waals surface area contributed by atoms with Gasteiger partial charge in [0.05, 0.1) is 36.5 Å². The number of aliphatic hydroxyl groups is 1. The third kappa shape index (κ3) is 6.09. The highest BCUT2D eigenvalue weighted by Crippen LogP contribution is 2.39. The Labute approximate surface area is 231 Å². The fraction of sp³-hybridized carbons (Fsp3) is 0.542. The molecule has 2 heterocycles. The molecule has 1 aliphatic carbocycles. The Kier molecular flexibility index (Phi) is 8.36. The first-order valence-corrected chi connectivity index (χ1v) is 15.8. The first kappa shape index (κ1) is 30.1. The minimum Gasteiger partial charge on any atom is -0.378 e. The first-order chi connectivity index (χ1) is 18.0. The fourth-order valence-electron chi connectivity index (χ4n) is 4.73. The quantitative estimate of drug-likeness (QED) is 0.447. The first-order valence-electron chi connectivity index (χ1n) is 12.1. The molecule has 0 saturated carbocycles. The van der Waals surface area contributed by atoms with Crippen molar-refractivity contribution in [3.05, 3.63) is 53.0 Å². The molecule has 4 rings (SSSR count). The standard InChI is InChI=1S/C24H30F3N3O6S3/c1-23(31,24(25,26)27)17-7-9-18(10-8-17)29-12-11-28(39(34,35)22-6-4-3-5-21(22)37)13-19(29)14-30(38(2,32)33)20-15-36-16-20/h3-4,6-10,19-20,31H,5,11-16H2,1-2H3/t19-,23?/m1/s1. The maximum atomic E-state index is 13.5. The highest BCUT2D eigenvalue weighted by atomic mass is 32.2. The van der Waals surface area contributed by atoms with Gasteiger partial charge in [-0.25, -0.2) is 16.8 Å². The number of halogens is 3. The highest BCUT2D eigenvalue weighted by molar-refractivity contribution is 7.96. The van der Waals surface area contributed by atoms with Crippen molar-refractivity contribution in [2.45, 2.75) is 37.2 Å². The summed E-state index contributed by atoms with van der Waals surface area (Å²) in [6.45, 7) is 1.13. The Morgan fingerprint density at radius 1 is 1.13 bits per heavy atom. The Morgan fingerprint density at radius 2 is 1.77 bits per heavy atom. The Bertz CT molecular complexity index is 1370. The van der Waals surface area contributed by atoms with Crippen LogP contribution in [0.4, 0.5) is 18.9 Å². The minimum absolute atomic E-state index is 0.0262. The van der Waals surface area contributed by atoms with Crippen molar-refractivity contribution in [2.75, 3.05) is 50.5 Å². The topological polar surface area (TPSA) is 107 Å². The lowest BCUT2D eigenvalue weighted by atomic mass is 9.95. The molecule has 3 aliphatic rings. The van der Waals surface area contributed by atoms with E-state index in [4.69, 9.17) is 17.0 Å². The lowest BCUT2D eigenvalue weighted by Crippen LogP contribution is -2.62. The van der Waals surface area contributed by atoms with E-state index in [2.05, 4.69) is 0 Å². The van der Waals surface area contributed by atoms with E-state index >= 15 is 0 Å². The van der Waals surface area contributed by atoms with Crippen molar-refractivity contribution in [3.63, 3.8) is 0 Å². The SMILES string of the molecule is CC(O)(c1ccc(N2CCN(S(=O)(=O)C3=CC=CCC3=S)C[C@@H]2CN(C2COC2)S(C)(=O)=O)cc1)C(F)(F)F. The predicted molar refractivity (Wildman–Crippen MR) is 144 cm³/mol. The van der Waals surface area contributed by atoms with E-state index in [1.54, 1.807) is 17.1 Å². The molecule has 39 heavy (non-hydrogen) atoms. The number of anilines is 1. The Balaban J connectivity index is 1.67. The molecule has 1 aromatic carbocycles. The van der Waals surface area contributed by atoms with Gasteiger partial charge in [-0.1, -0.05) is 36.5 Å². The number of hydrogen-bond acceptors (Lipinski definition) is 8. The van der Waals surface area contributed by atoms with Crippen LogP contribution < -0.4 is 4.90 Å². The molecular formula is C24H30F3N3O6S3. The van der Waals surface area contributed by atoms with Crippen LogP contribution in [0.15, 0.2) is 47.4 Å². The molecule has 9 nitrogen and oxygen atoms in total. The molecule has 1 aromatic rings. The van der Waals surface area contributed by atoms with Gasteiger partial charge < -0.3 is 14.7 Å². The second kappa shape index (κ2) is 10.8. The number of thiocarbonyl (C=S) groups is 1. The van der Waals surface area contributed by atoms with E-state index in [9.17, 15) is 35.1 Å². The normalized spacial score (nSPS) is 23.5. The molecule has 216 valence electrons. The second-order valence-corrected chi connectivity index (χ2v) is 14.3. The third-order valence-electron chi connectivity index (χ3n) is 7.18. The molecule has 0 aromatic heterocycles. The number of alkyl halides is 3. The van der Waals surface area contributed by atoms with Crippen LogP contribution in [-0.2, 0) is 30.4 Å². The van der Waals surface area contributed by atoms with Crippen molar-refractivity contribution in [1.82, 2.24) is 8.61 Å². The molecule has 0 radical (unpaired) electrons. The van der Waals surface area contributed by atoms with E-state index < -0.39 is 43.9 Å². The van der Waals surface area contributed by atoms with Crippen LogP contribution >= 0.6 is 12.2 Å².